The quantitative estimate of drug-likeness (QED) is 0.391. The molecule has 0 N–H and O–H groups in total. The molecule has 1 aliphatic carbocycles. The Balaban J connectivity index is 2.12. The predicted molar refractivity (Wildman–Crippen MR) is 64.5 cm³/mol. The second-order valence-corrected chi connectivity index (χ2v) is 5.28. The highest BCUT2D eigenvalue weighted by Crippen LogP contribution is 2.53. The summed E-state index contributed by atoms with van der Waals surface area (Å²) >= 11 is 0. The molecule has 0 radical (unpaired) electrons. The minimum Gasteiger partial charge on any atom is -0.0859 e. The van der Waals surface area contributed by atoms with Gasteiger partial charge in [-0.1, -0.05) is 37.8 Å². The van der Waals surface area contributed by atoms with E-state index in [4.69, 9.17) is 0 Å². The van der Waals surface area contributed by atoms with E-state index in [1.807, 2.05) is 0 Å². The second kappa shape index (κ2) is 5.58. The molecule has 0 aromatic carbocycles. The summed E-state index contributed by atoms with van der Waals surface area (Å²) in [6.07, 6.45) is 13.9. The third-order valence-corrected chi connectivity index (χ3v) is 3.50. The van der Waals surface area contributed by atoms with Crippen LogP contribution in [-0.2, 0) is 0 Å². The summed E-state index contributed by atoms with van der Waals surface area (Å²) < 4.78 is 0. The molecule has 0 heterocycles. The van der Waals surface area contributed by atoms with Crippen molar-refractivity contribution < 1.29 is 0 Å². The third-order valence-electron chi connectivity index (χ3n) is 3.50. The zero-order chi connectivity index (χ0) is 10.4. The van der Waals surface area contributed by atoms with Gasteiger partial charge in [-0.2, -0.15) is 0 Å². The maximum absolute atomic E-state index is 2.40. The predicted octanol–water partition coefficient (Wildman–Crippen LogP) is 5.09. The van der Waals surface area contributed by atoms with E-state index in [1.165, 1.54) is 56.9 Å². The fourth-order valence-corrected chi connectivity index (χ4v) is 2.22. The fraction of sp³-hybridized carbons (Fsp3) is 0.857. The summed E-state index contributed by atoms with van der Waals surface area (Å²) in [6, 6.07) is 0. The van der Waals surface area contributed by atoms with Crippen molar-refractivity contribution in [3.05, 3.63) is 11.6 Å². The van der Waals surface area contributed by atoms with E-state index in [0.29, 0.717) is 0 Å². The largest absolute Gasteiger partial charge is 0.0859 e. The van der Waals surface area contributed by atoms with Gasteiger partial charge in [-0.3, -0.25) is 0 Å². The van der Waals surface area contributed by atoms with E-state index in [-0.39, 0.29) is 0 Å². The van der Waals surface area contributed by atoms with Crippen LogP contribution in [0.15, 0.2) is 11.6 Å². The number of hydrogen-bond donors (Lipinski definition) is 0. The van der Waals surface area contributed by atoms with Crippen molar-refractivity contribution in [1.29, 1.82) is 0 Å². The van der Waals surface area contributed by atoms with Crippen LogP contribution >= 0.6 is 0 Å². The average Bonchev–Trinajstić information content (AvgIpc) is 2.85. The molecule has 0 spiro atoms. The number of rotatable bonds is 7. The summed E-state index contributed by atoms with van der Waals surface area (Å²) in [7, 11) is 0. The zero-order valence-corrected chi connectivity index (χ0v) is 10.2. The van der Waals surface area contributed by atoms with Crippen molar-refractivity contribution in [3.8, 4) is 0 Å². The minimum atomic E-state index is 0.793. The summed E-state index contributed by atoms with van der Waals surface area (Å²) in [4.78, 5) is 0. The van der Waals surface area contributed by atoms with E-state index in [1.54, 1.807) is 0 Å². The van der Waals surface area contributed by atoms with Crippen molar-refractivity contribution in [1.82, 2.24) is 0 Å². The summed E-state index contributed by atoms with van der Waals surface area (Å²) in [5.74, 6) is 0. The Bertz CT molecular complexity index is 180. The van der Waals surface area contributed by atoms with Crippen molar-refractivity contribution in [2.75, 3.05) is 0 Å². The fourth-order valence-electron chi connectivity index (χ4n) is 2.22. The molecule has 82 valence electrons. The molecule has 1 aliphatic rings. The molecule has 0 bridgehead atoms. The van der Waals surface area contributed by atoms with Crippen LogP contribution in [0.2, 0.25) is 0 Å². The van der Waals surface area contributed by atoms with E-state index in [2.05, 4.69) is 26.8 Å². The SMILES string of the molecule is CCCCCC1(CCC=C(C)C)CC1. The summed E-state index contributed by atoms with van der Waals surface area (Å²) in [5.41, 5.74) is 2.27. The maximum atomic E-state index is 2.40. The van der Waals surface area contributed by atoms with Crippen LogP contribution in [0, 0.1) is 5.41 Å². The van der Waals surface area contributed by atoms with Crippen LogP contribution < -0.4 is 0 Å². The Morgan fingerprint density at radius 3 is 2.36 bits per heavy atom. The monoisotopic (exact) mass is 194 g/mol. The van der Waals surface area contributed by atoms with Crippen LogP contribution in [0.3, 0.4) is 0 Å². The van der Waals surface area contributed by atoms with Crippen LogP contribution in [0.4, 0.5) is 0 Å². The van der Waals surface area contributed by atoms with Gasteiger partial charge in [0.2, 0.25) is 0 Å². The first kappa shape index (κ1) is 11.8. The van der Waals surface area contributed by atoms with Gasteiger partial charge in [-0.15, -0.1) is 0 Å². The zero-order valence-electron chi connectivity index (χ0n) is 10.2. The summed E-state index contributed by atoms with van der Waals surface area (Å²) in [5, 5.41) is 0. The van der Waals surface area contributed by atoms with Gasteiger partial charge >= 0.3 is 0 Å². The van der Waals surface area contributed by atoms with Gasteiger partial charge in [0.25, 0.3) is 0 Å². The van der Waals surface area contributed by atoms with E-state index >= 15 is 0 Å². The molecular weight excluding hydrogens is 168 g/mol. The first-order valence-electron chi connectivity index (χ1n) is 6.32. The van der Waals surface area contributed by atoms with Crippen LogP contribution in [0.5, 0.6) is 0 Å². The lowest BCUT2D eigenvalue weighted by Gasteiger charge is -2.13. The molecule has 0 amide bonds. The Labute approximate surface area is 89.8 Å². The standard InChI is InChI=1S/C14H26/c1-4-5-6-9-14(11-12-14)10-7-8-13(2)3/h8H,4-7,9-12H2,1-3H3. The van der Waals surface area contributed by atoms with Crippen molar-refractivity contribution >= 4 is 0 Å². The Hall–Kier alpha value is -0.260. The van der Waals surface area contributed by atoms with Crippen molar-refractivity contribution in [3.63, 3.8) is 0 Å². The molecule has 1 saturated carbocycles. The van der Waals surface area contributed by atoms with Gasteiger partial charge in [0, 0.05) is 0 Å². The van der Waals surface area contributed by atoms with Gasteiger partial charge in [0.1, 0.15) is 0 Å². The minimum absolute atomic E-state index is 0.793. The molecule has 1 rings (SSSR count). The molecule has 0 aliphatic heterocycles. The van der Waals surface area contributed by atoms with Crippen LogP contribution in [0.1, 0.15) is 72.1 Å². The van der Waals surface area contributed by atoms with Crippen LogP contribution in [-0.4, -0.2) is 0 Å². The number of hydrogen-bond acceptors (Lipinski definition) is 0. The lowest BCUT2D eigenvalue weighted by atomic mass is 9.93. The summed E-state index contributed by atoms with van der Waals surface area (Å²) in [6.45, 7) is 6.70. The van der Waals surface area contributed by atoms with E-state index in [0.717, 1.165) is 5.41 Å². The lowest BCUT2D eigenvalue weighted by molar-refractivity contribution is 0.410. The molecule has 0 unspecified atom stereocenters. The van der Waals surface area contributed by atoms with Gasteiger partial charge in [0.05, 0.1) is 0 Å². The van der Waals surface area contributed by atoms with E-state index < -0.39 is 0 Å². The highest BCUT2D eigenvalue weighted by Gasteiger charge is 2.40. The van der Waals surface area contributed by atoms with Gasteiger partial charge in [-0.25, -0.2) is 0 Å². The Morgan fingerprint density at radius 2 is 1.86 bits per heavy atom. The second-order valence-electron chi connectivity index (χ2n) is 5.28. The highest BCUT2D eigenvalue weighted by molar-refractivity contribution is 4.98. The molecular formula is C14H26. The number of allylic oxidation sites excluding steroid dienone is 2. The highest BCUT2D eigenvalue weighted by atomic mass is 14.5. The Morgan fingerprint density at radius 1 is 1.14 bits per heavy atom. The van der Waals surface area contributed by atoms with E-state index in [9.17, 15) is 0 Å². The maximum Gasteiger partial charge on any atom is -0.0294 e. The molecule has 0 saturated heterocycles. The van der Waals surface area contributed by atoms with Crippen molar-refractivity contribution in [2.45, 2.75) is 72.1 Å². The molecule has 14 heavy (non-hydrogen) atoms. The smallest absolute Gasteiger partial charge is 0.0294 e. The average molecular weight is 194 g/mol. The normalized spacial score (nSPS) is 17.9. The number of unbranched alkanes of at least 4 members (excludes halogenated alkanes) is 2. The topological polar surface area (TPSA) is 0 Å². The molecule has 0 heteroatoms. The van der Waals surface area contributed by atoms with Crippen molar-refractivity contribution in [2.24, 2.45) is 5.41 Å². The molecule has 0 nitrogen and oxygen atoms in total. The molecule has 0 aromatic heterocycles. The van der Waals surface area contributed by atoms with Gasteiger partial charge < -0.3 is 0 Å². The molecule has 0 atom stereocenters. The Kier molecular flexibility index (Phi) is 4.71. The third kappa shape index (κ3) is 4.30. The molecule has 0 aromatic rings. The lowest BCUT2D eigenvalue weighted by Crippen LogP contribution is -1.99. The molecule has 1 fully saturated rings. The van der Waals surface area contributed by atoms with Crippen LogP contribution in [0.25, 0.3) is 0 Å². The first-order chi connectivity index (χ1) is 6.68. The van der Waals surface area contributed by atoms with Gasteiger partial charge in [-0.05, 0) is 51.4 Å². The van der Waals surface area contributed by atoms with Gasteiger partial charge in [0.15, 0.2) is 0 Å². The first-order valence-corrected chi connectivity index (χ1v) is 6.32.